The van der Waals surface area contributed by atoms with E-state index in [1.165, 1.54) is 19.3 Å². The molecule has 2 unspecified atom stereocenters. The fourth-order valence-corrected chi connectivity index (χ4v) is 4.07. The number of hydrogen-bond donors (Lipinski definition) is 2. The third-order valence-corrected chi connectivity index (χ3v) is 5.65. The van der Waals surface area contributed by atoms with Crippen LogP contribution in [0.1, 0.15) is 45.1 Å². The molecule has 1 spiro atoms. The Balaban J connectivity index is 1.63. The SMILES string of the molecule is CCNC(=NCc1cccc(OC)c1)NC1CC(OCC)C12CCC2. The van der Waals surface area contributed by atoms with Gasteiger partial charge in [0, 0.05) is 24.6 Å². The minimum absolute atomic E-state index is 0.335. The molecule has 2 aliphatic rings. The Hall–Kier alpha value is -1.75. The first-order chi connectivity index (χ1) is 12.2. The Kier molecular flexibility index (Phi) is 5.84. The average molecular weight is 345 g/mol. The third-order valence-electron chi connectivity index (χ3n) is 5.65. The van der Waals surface area contributed by atoms with Gasteiger partial charge < -0.3 is 20.1 Å². The van der Waals surface area contributed by atoms with Crippen LogP contribution in [0.3, 0.4) is 0 Å². The van der Waals surface area contributed by atoms with Crippen molar-refractivity contribution < 1.29 is 9.47 Å². The summed E-state index contributed by atoms with van der Waals surface area (Å²) in [4.78, 5) is 4.77. The zero-order valence-corrected chi connectivity index (χ0v) is 15.7. The summed E-state index contributed by atoms with van der Waals surface area (Å²) >= 11 is 0. The van der Waals surface area contributed by atoms with Crippen LogP contribution in [0, 0.1) is 5.41 Å². The molecule has 2 N–H and O–H groups in total. The van der Waals surface area contributed by atoms with Crippen LogP contribution in [0.4, 0.5) is 0 Å². The first kappa shape index (κ1) is 18.1. The molecule has 0 aliphatic heterocycles. The van der Waals surface area contributed by atoms with Crippen molar-refractivity contribution in [2.24, 2.45) is 10.4 Å². The highest BCUT2D eigenvalue weighted by Gasteiger charge is 2.59. The number of hydrogen-bond acceptors (Lipinski definition) is 3. The molecule has 25 heavy (non-hydrogen) atoms. The largest absolute Gasteiger partial charge is 0.497 e. The van der Waals surface area contributed by atoms with Crippen LogP contribution in [-0.4, -0.2) is 38.4 Å². The summed E-state index contributed by atoms with van der Waals surface area (Å²) in [6, 6.07) is 8.55. The summed E-state index contributed by atoms with van der Waals surface area (Å²) in [6.07, 6.45) is 5.36. The lowest BCUT2D eigenvalue weighted by Gasteiger charge is -2.61. The topological polar surface area (TPSA) is 54.9 Å². The van der Waals surface area contributed by atoms with E-state index in [9.17, 15) is 0 Å². The molecule has 138 valence electrons. The van der Waals surface area contributed by atoms with Crippen LogP contribution in [0.25, 0.3) is 0 Å². The number of benzene rings is 1. The van der Waals surface area contributed by atoms with E-state index < -0.39 is 0 Å². The van der Waals surface area contributed by atoms with E-state index in [1.54, 1.807) is 7.11 Å². The van der Waals surface area contributed by atoms with E-state index in [-0.39, 0.29) is 0 Å². The second-order valence-corrected chi connectivity index (χ2v) is 7.01. The Labute approximate surface area is 151 Å². The quantitative estimate of drug-likeness (QED) is 0.589. The normalized spacial score (nSPS) is 24.4. The minimum Gasteiger partial charge on any atom is -0.497 e. The zero-order valence-electron chi connectivity index (χ0n) is 15.7. The summed E-state index contributed by atoms with van der Waals surface area (Å²) in [7, 11) is 1.69. The van der Waals surface area contributed by atoms with Crippen molar-refractivity contribution in [3.05, 3.63) is 29.8 Å². The van der Waals surface area contributed by atoms with Crippen LogP contribution in [0.5, 0.6) is 5.75 Å². The van der Waals surface area contributed by atoms with Crippen LogP contribution in [-0.2, 0) is 11.3 Å². The molecule has 2 saturated carbocycles. The smallest absolute Gasteiger partial charge is 0.191 e. The first-order valence-corrected chi connectivity index (χ1v) is 9.51. The highest BCUT2D eigenvalue weighted by Crippen LogP contribution is 2.57. The third kappa shape index (κ3) is 3.76. The van der Waals surface area contributed by atoms with Gasteiger partial charge in [-0.25, -0.2) is 4.99 Å². The molecule has 0 radical (unpaired) electrons. The number of rotatable bonds is 7. The van der Waals surface area contributed by atoms with Crippen LogP contribution in [0.2, 0.25) is 0 Å². The van der Waals surface area contributed by atoms with E-state index >= 15 is 0 Å². The van der Waals surface area contributed by atoms with Gasteiger partial charge in [0.25, 0.3) is 0 Å². The van der Waals surface area contributed by atoms with Crippen LogP contribution in [0.15, 0.2) is 29.3 Å². The Morgan fingerprint density at radius 3 is 2.80 bits per heavy atom. The maximum absolute atomic E-state index is 5.95. The van der Waals surface area contributed by atoms with Gasteiger partial charge in [-0.3, -0.25) is 0 Å². The molecular formula is C20H31N3O2. The van der Waals surface area contributed by atoms with Crippen molar-refractivity contribution in [2.75, 3.05) is 20.3 Å². The monoisotopic (exact) mass is 345 g/mol. The summed E-state index contributed by atoms with van der Waals surface area (Å²) in [5, 5.41) is 7.04. The van der Waals surface area contributed by atoms with Crippen molar-refractivity contribution in [1.82, 2.24) is 10.6 Å². The molecule has 3 rings (SSSR count). The molecule has 2 atom stereocenters. The van der Waals surface area contributed by atoms with Gasteiger partial charge in [-0.2, -0.15) is 0 Å². The molecule has 1 aromatic carbocycles. The summed E-state index contributed by atoms with van der Waals surface area (Å²) < 4.78 is 11.2. The molecule has 0 bridgehead atoms. The Morgan fingerprint density at radius 1 is 1.32 bits per heavy atom. The van der Waals surface area contributed by atoms with Crippen molar-refractivity contribution in [1.29, 1.82) is 0 Å². The molecule has 5 heteroatoms. The standard InChI is InChI=1S/C20H31N3O2/c1-4-21-19(22-14-15-8-6-9-16(12-15)24-3)23-17-13-18(25-5-2)20(17)10-7-11-20/h6,8-9,12,17-18H,4-5,7,10-11,13-14H2,1-3H3,(H2,21,22,23). The van der Waals surface area contributed by atoms with E-state index in [2.05, 4.69) is 30.5 Å². The first-order valence-electron chi connectivity index (χ1n) is 9.51. The number of ether oxygens (including phenoxy) is 2. The lowest BCUT2D eigenvalue weighted by atomic mass is 9.51. The molecule has 2 fully saturated rings. The molecule has 1 aromatic rings. The maximum Gasteiger partial charge on any atom is 0.191 e. The van der Waals surface area contributed by atoms with Crippen molar-refractivity contribution in [3.63, 3.8) is 0 Å². The minimum atomic E-state index is 0.335. The molecular weight excluding hydrogens is 314 g/mol. The van der Waals surface area contributed by atoms with Crippen LogP contribution < -0.4 is 15.4 Å². The van der Waals surface area contributed by atoms with Crippen LogP contribution >= 0.6 is 0 Å². The van der Waals surface area contributed by atoms with Crippen molar-refractivity contribution in [2.45, 2.75) is 58.2 Å². The van der Waals surface area contributed by atoms with E-state index in [1.807, 2.05) is 18.2 Å². The molecule has 2 aliphatic carbocycles. The number of methoxy groups -OCH3 is 1. The number of aliphatic imine (C=N–C) groups is 1. The maximum atomic E-state index is 5.95. The summed E-state index contributed by atoms with van der Waals surface area (Å²) in [5.74, 6) is 1.77. The van der Waals surface area contributed by atoms with Gasteiger partial charge >= 0.3 is 0 Å². The predicted octanol–water partition coefficient (Wildman–Crippen LogP) is 3.10. The van der Waals surface area contributed by atoms with Gasteiger partial charge in [-0.05, 0) is 50.8 Å². The number of guanidine groups is 1. The van der Waals surface area contributed by atoms with E-state index in [0.717, 1.165) is 36.8 Å². The van der Waals surface area contributed by atoms with Crippen molar-refractivity contribution in [3.8, 4) is 5.75 Å². The Bertz CT molecular complexity index is 598. The molecule has 0 saturated heterocycles. The van der Waals surface area contributed by atoms with Gasteiger partial charge in [0.05, 0.1) is 19.8 Å². The van der Waals surface area contributed by atoms with E-state index in [4.69, 9.17) is 14.5 Å². The predicted molar refractivity (Wildman–Crippen MR) is 101 cm³/mol. The van der Waals surface area contributed by atoms with E-state index in [0.29, 0.717) is 24.1 Å². The van der Waals surface area contributed by atoms with Gasteiger partial charge in [-0.15, -0.1) is 0 Å². The number of nitrogens with zero attached hydrogens (tertiary/aromatic N) is 1. The second-order valence-electron chi connectivity index (χ2n) is 7.01. The zero-order chi connectivity index (χ0) is 17.7. The van der Waals surface area contributed by atoms with Gasteiger partial charge in [0.1, 0.15) is 5.75 Å². The lowest BCUT2D eigenvalue weighted by molar-refractivity contribution is -0.168. The number of nitrogens with one attached hydrogen (secondary N) is 2. The van der Waals surface area contributed by atoms with Crippen molar-refractivity contribution >= 4 is 5.96 Å². The average Bonchev–Trinajstić information content (AvgIpc) is 2.57. The highest BCUT2D eigenvalue weighted by atomic mass is 16.5. The fourth-order valence-electron chi connectivity index (χ4n) is 4.07. The molecule has 0 heterocycles. The second kappa shape index (κ2) is 8.09. The summed E-state index contributed by atoms with van der Waals surface area (Å²) in [5.41, 5.74) is 1.48. The van der Waals surface area contributed by atoms with Gasteiger partial charge in [-0.1, -0.05) is 18.6 Å². The summed E-state index contributed by atoms with van der Waals surface area (Å²) in [6.45, 7) is 6.50. The van der Waals surface area contributed by atoms with Gasteiger partial charge in [0.2, 0.25) is 0 Å². The molecule has 0 amide bonds. The molecule has 5 nitrogen and oxygen atoms in total. The molecule has 0 aromatic heterocycles. The van der Waals surface area contributed by atoms with Gasteiger partial charge in [0.15, 0.2) is 5.96 Å². The fraction of sp³-hybridized carbons (Fsp3) is 0.650. The highest BCUT2D eigenvalue weighted by molar-refractivity contribution is 5.80. The Morgan fingerprint density at radius 2 is 2.16 bits per heavy atom. The lowest BCUT2D eigenvalue weighted by Crippen LogP contribution is -2.68.